The number of urea groups is 1. The molecular formula is C16H21N7O2. The van der Waals surface area contributed by atoms with E-state index in [0.717, 1.165) is 11.2 Å². The highest BCUT2D eigenvalue weighted by molar-refractivity contribution is 5.74. The SMILES string of the molecule is COCCN(Cc1cnn(C)c1)C(=O)NCc1nnc2ccccn12. The largest absolute Gasteiger partial charge is 0.383 e. The van der Waals surface area contributed by atoms with E-state index in [-0.39, 0.29) is 6.03 Å². The fraction of sp³-hybridized carbons (Fsp3) is 0.375. The second-order valence-corrected chi connectivity index (χ2v) is 5.64. The van der Waals surface area contributed by atoms with Gasteiger partial charge in [0.15, 0.2) is 11.5 Å². The summed E-state index contributed by atoms with van der Waals surface area (Å²) in [4.78, 5) is 14.3. The zero-order chi connectivity index (χ0) is 17.6. The quantitative estimate of drug-likeness (QED) is 0.686. The number of nitrogens with zero attached hydrogens (tertiary/aromatic N) is 6. The Morgan fingerprint density at radius 1 is 1.36 bits per heavy atom. The molecule has 9 nitrogen and oxygen atoms in total. The number of amides is 2. The molecule has 3 aromatic rings. The normalized spacial score (nSPS) is 11.0. The van der Waals surface area contributed by atoms with Gasteiger partial charge in [-0.1, -0.05) is 6.07 Å². The number of carbonyl (C=O) groups excluding carboxylic acids is 1. The summed E-state index contributed by atoms with van der Waals surface area (Å²) in [5.74, 6) is 0.678. The Labute approximate surface area is 145 Å². The fourth-order valence-corrected chi connectivity index (χ4v) is 2.51. The molecule has 25 heavy (non-hydrogen) atoms. The molecule has 0 saturated heterocycles. The minimum atomic E-state index is -0.186. The lowest BCUT2D eigenvalue weighted by Crippen LogP contribution is -2.41. The third-order valence-electron chi connectivity index (χ3n) is 3.77. The van der Waals surface area contributed by atoms with Crippen LogP contribution in [0.3, 0.4) is 0 Å². The number of hydrogen-bond donors (Lipinski definition) is 1. The topological polar surface area (TPSA) is 89.6 Å². The third-order valence-corrected chi connectivity index (χ3v) is 3.77. The first-order valence-electron chi connectivity index (χ1n) is 7.95. The number of nitrogens with one attached hydrogen (secondary N) is 1. The summed E-state index contributed by atoms with van der Waals surface area (Å²) in [6.07, 6.45) is 5.51. The van der Waals surface area contributed by atoms with Gasteiger partial charge in [0.2, 0.25) is 0 Å². The highest BCUT2D eigenvalue weighted by Gasteiger charge is 2.15. The van der Waals surface area contributed by atoms with Crippen molar-refractivity contribution in [3.8, 4) is 0 Å². The van der Waals surface area contributed by atoms with Crippen molar-refractivity contribution in [2.24, 2.45) is 7.05 Å². The van der Waals surface area contributed by atoms with Crippen molar-refractivity contribution in [1.82, 2.24) is 34.6 Å². The molecule has 0 aliphatic heterocycles. The summed E-state index contributed by atoms with van der Waals surface area (Å²) in [6.45, 7) is 1.70. The Morgan fingerprint density at radius 2 is 2.24 bits per heavy atom. The van der Waals surface area contributed by atoms with Gasteiger partial charge >= 0.3 is 6.03 Å². The van der Waals surface area contributed by atoms with Gasteiger partial charge in [0.05, 0.1) is 25.9 Å². The molecule has 3 aromatic heterocycles. The van der Waals surface area contributed by atoms with E-state index >= 15 is 0 Å². The molecule has 3 rings (SSSR count). The smallest absolute Gasteiger partial charge is 0.318 e. The number of aryl methyl sites for hydroxylation is 1. The van der Waals surface area contributed by atoms with E-state index in [1.54, 1.807) is 22.9 Å². The monoisotopic (exact) mass is 343 g/mol. The lowest BCUT2D eigenvalue weighted by molar-refractivity contribution is 0.146. The predicted molar refractivity (Wildman–Crippen MR) is 90.7 cm³/mol. The average molecular weight is 343 g/mol. The number of methoxy groups -OCH3 is 1. The predicted octanol–water partition coefficient (Wildman–Crippen LogP) is 0.821. The van der Waals surface area contributed by atoms with Gasteiger partial charge < -0.3 is 15.0 Å². The molecule has 2 amide bonds. The van der Waals surface area contributed by atoms with Crippen molar-refractivity contribution in [3.05, 3.63) is 48.2 Å². The number of aromatic nitrogens is 5. The molecule has 0 aliphatic rings. The van der Waals surface area contributed by atoms with Crippen LogP contribution < -0.4 is 5.32 Å². The highest BCUT2D eigenvalue weighted by Crippen LogP contribution is 2.05. The number of hydrogen-bond acceptors (Lipinski definition) is 5. The van der Waals surface area contributed by atoms with Gasteiger partial charge in [-0.05, 0) is 12.1 Å². The maximum Gasteiger partial charge on any atom is 0.318 e. The van der Waals surface area contributed by atoms with Crippen LogP contribution >= 0.6 is 0 Å². The van der Waals surface area contributed by atoms with Crippen molar-refractivity contribution in [2.45, 2.75) is 13.1 Å². The van der Waals surface area contributed by atoms with Crippen molar-refractivity contribution >= 4 is 11.7 Å². The summed E-state index contributed by atoms with van der Waals surface area (Å²) in [5.41, 5.74) is 1.71. The maximum absolute atomic E-state index is 12.6. The molecule has 9 heteroatoms. The van der Waals surface area contributed by atoms with Gasteiger partial charge in [-0.25, -0.2) is 4.79 Å². The van der Waals surface area contributed by atoms with Crippen LogP contribution in [0.5, 0.6) is 0 Å². The van der Waals surface area contributed by atoms with Crippen LogP contribution in [-0.2, 0) is 24.9 Å². The second-order valence-electron chi connectivity index (χ2n) is 5.64. The van der Waals surface area contributed by atoms with Crippen molar-refractivity contribution < 1.29 is 9.53 Å². The summed E-state index contributed by atoms with van der Waals surface area (Å²) >= 11 is 0. The molecule has 0 aromatic carbocycles. The molecule has 0 atom stereocenters. The Morgan fingerprint density at radius 3 is 3.00 bits per heavy atom. The Hall–Kier alpha value is -2.94. The van der Waals surface area contributed by atoms with E-state index in [9.17, 15) is 4.79 Å². The van der Waals surface area contributed by atoms with E-state index in [1.165, 1.54) is 0 Å². The number of fused-ring (bicyclic) bond motifs is 1. The first-order chi connectivity index (χ1) is 12.2. The van der Waals surface area contributed by atoms with Crippen LogP contribution in [0.15, 0.2) is 36.8 Å². The molecule has 0 radical (unpaired) electrons. The number of pyridine rings is 1. The molecule has 0 bridgehead atoms. The van der Waals surface area contributed by atoms with Crippen molar-refractivity contribution in [1.29, 1.82) is 0 Å². The zero-order valence-electron chi connectivity index (χ0n) is 14.3. The number of ether oxygens (including phenoxy) is 1. The van der Waals surface area contributed by atoms with Gasteiger partial charge in [0.1, 0.15) is 0 Å². The van der Waals surface area contributed by atoms with Crippen LogP contribution in [0.4, 0.5) is 4.79 Å². The Kier molecular flexibility index (Phi) is 5.24. The van der Waals surface area contributed by atoms with Gasteiger partial charge in [-0.15, -0.1) is 10.2 Å². The van der Waals surface area contributed by atoms with E-state index in [1.807, 2.05) is 42.0 Å². The molecule has 3 heterocycles. The molecule has 0 spiro atoms. The first-order valence-corrected chi connectivity index (χ1v) is 7.95. The number of carbonyl (C=O) groups is 1. The average Bonchev–Trinajstić information content (AvgIpc) is 3.22. The fourth-order valence-electron chi connectivity index (χ4n) is 2.51. The molecule has 0 fully saturated rings. The van der Waals surface area contributed by atoms with E-state index in [0.29, 0.717) is 32.1 Å². The van der Waals surface area contributed by atoms with Gasteiger partial charge in [0, 0.05) is 38.7 Å². The zero-order valence-corrected chi connectivity index (χ0v) is 14.3. The second kappa shape index (κ2) is 7.75. The van der Waals surface area contributed by atoms with Crippen molar-refractivity contribution in [2.75, 3.05) is 20.3 Å². The number of rotatable bonds is 7. The summed E-state index contributed by atoms with van der Waals surface area (Å²) in [5, 5.41) is 15.2. The van der Waals surface area contributed by atoms with E-state index in [2.05, 4.69) is 20.6 Å². The minimum Gasteiger partial charge on any atom is -0.383 e. The third kappa shape index (κ3) is 4.13. The summed E-state index contributed by atoms with van der Waals surface area (Å²) in [6, 6.07) is 5.47. The van der Waals surface area contributed by atoms with Crippen LogP contribution in [-0.4, -0.2) is 55.6 Å². The van der Waals surface area contributed by atoms with Crippen molar-refractivity contribution in [3.63, 3.8) is 0 Å². The molecule has 0 unspecified atom stereocenters. The van der Waals surface area contributed by atoms with Gasteiger partial charge in [-0.3, -0.25) is 9.08 Å². The minimum absolute atomic E-state index is 0.186. The van der Waals surface area contributed by atoms with E-state index in [4.69, 9.17) is 4.74 Å². The summed E-state index contributed by atoms with van der Waals surface area (Å²) in [7, 11) is 3.46. The first kappa shape index (κ1) is 16.9. The highest BCUT2D eigenvalue weighted by atomic mass is 16.5. The maximum atomic E-state index is 12.6. The van der Waals surface area contributed by atoms with Crippen LogP contribution in [0.1, 0.15) is 11.4 Å². The van der Waals surface area contributed by atoms with Crippen LogP contribution in [0.2, 0.25) is 0 Å². The summed E-state index contributed by atoms with van der Waals surface area (Å²) < 4.78 is 8.66. The Bertz CT molecular complexity index is 842. The van der Waals surface area contributed by atoms with Gasteiger partial charge in [0.25, 0.3) is 0 Å². The van der Waals surface area contributed by atoms with Gasteiger partial charge in [-0.2, -0.15) is 5.10 Å². The standard InChI is InChI=1S/C16H21N7O2/c1-21-11-13(9-18-21)12-22(7-8-25-2)16(24)17-10-15-20-19-14-5-3-4-6-23(14)15/h3-6,9,11H,7-8,10,12H2,1-2H3,(H,17,24). The Balaban J connectivity index is 1.65. The van der Waals surface area contributed by atoms with Crippen LogP contribution in [0.25, 0.3) is 5.65 Å². The molecule has 0 aliphatic carbocycles. The molecule has 132 valence electrons. The lowest BCUT2D eigenvalue weighted by atomic mass is 10.3. The van der Waals surface area contributed by atoms with E-state index < -0.39 is 0 Å². The lowest BCUT2D eigenvalue weighted by Gasteiger charge is -2.22. The molecule has 0 saturated carbocycles. The molecule has 1 N–H and O–H groups in total. The van der Waals surface area contributed by atoms with Crippen LogP contribution in [0, 0.1) is 0 Å². The molecular weight excluding hydrogens is 322 g/mol.